The van der Waals surface area contributed by atoms with Crippen LogP contribution in [0.2, 0.25) is 0 Å². The Kier molecular flexibility index (Phi) is 5.16. The third-order valence-corrected chi connectivity index (χ3v) is 5.31. The zero-order valence-corrected chi connectivity index (χ0v) is 17.4. The van der Waals surface area contributed by atoms with Gasteiger partial charge in [-0.1, -0.05) is 23.4 Å². The highest BCUT2D eigenvalue weighted by Gasteiger charge is 2.10. The number of nitrogen functional groups attached to an aromatic ring is 1. The Morgan fingerprint density at radius 2 is 1.91 bits per heavy atom. The van der Waals surface area contributed by atoms with Crippen molar-refractivity contribution < 1.29 is 9.32 Å². The van der Waals surface area contributed by atoms with Crippen molar-refractivity contribution in [3.05, 3.63) is 107 Å². The van der Waals surface area contributed by atoms with Gasteiger partial charge >= 0.3 is 0 Å². The number of anilines is 2. The Hall–Kier alpha value is -4.72. The van der Waals surface area contributed by atoms with Gasteiger partial charge in [-0.2, -0.15) is 0 Å². The summed E-state index contributed by atoms with van der Waals surface area (Å²) in [6, 6.07) is 19.9. The second kappa shape index (κ2) is 8.43. The SMILES string of the molecule is Nc1cc(-c2ccc3c(=O)n(Cc4cccc(C(=O)Nc5ccon5)c4)ccc3c2)ccn1. The van der Waals surface area contributed by atoms with Gasteiger partial charge in [-0.25, -0.2) is 4.98 Å². The first-order valence-electron chi connectivity index (χ1n) is 10.2. The molecule has 5 rings (SSSR count). The van der Waals surface area contributed by atoms with E-state index in [2.05, 4.69) is 15.5 Å². The number of nitrogens with two attached hydrogens (primary N) is 1. The number of hydrogen-bond donors (Lipinski definition) is 2. The Balaban J connectivity index is 1.41. The van der Waals surface area contributed by atoms with Crippen LogP contribution in [-0.2, 0) is 6.54 Å². The Bertz CT molecular complexity index is 1520. The van der Waals surface area contributed by atoms with Crippen molar-refractivity contribution in [3.63, 3.8) is 0 Å². The molecule has 0 radical (unpaired) electrons. The maximum absolute atomic E-state index is 13.1. The van der Waals surface area contributed by atoms with Crippen LogP contribution in [0.1, 0.15) is 15.9 Å². The molecule has 8 nitrogen and oxygen atoms in total. The fourth-order valence-corrected chi connectivity index (χ4v) is 3.69. The fourth-order valence-electron chi connectivity index (χ4n) is 3.69. The van der Waals surface area contributed by atoms with E-state index >= 15 is 0 Å². The van der Waals surface area contributed by atoms with Gasteiger partial charge in [0.1, 0.15) is 12.1 Å². The van der Waals surface area contributed by atoms with Crippen molar-refractivity contribution >= 4 is 28.3 Å². The smallest absolute Gasteiger partial charge is 0.258 e. The molecule has 0 unspecified atom stereocenters. The Morgan fingerprint density at radius 1 is 1.03 bits per heavy atom. The lowest BCUT2D eigenvalue weighted by Gasteiger charge is -2.10. The van der Waals surface area contributed by atoms with Crippen LogP contribution in [0.25, 0.3) is 21.9 Å². The molecule has 5 aromatic rings. The van der Waals surface area contributed by atoms with Gasteiger partial charge in [0.05, 0.1) is 6.54 Å². The monoisotopic (exact) mass is 437 g/mol. The average Bonchev–Trinajstić information content (AvgIpc) is 3.34. The summed E-state index contributed by atoms with van der Waals surface area (Å²) >= 11 is 0. The average molecular weight is 437 g/mol. The lowest BCUT2D eigenvalue weighted by atomic mass is 10.0. The van der Waals surface area contributed by atoms with E-state index in [9.17, 15) is 9.59 Å². The predicted molar refractivity (Wildman–Crippen MR) is 126 cm³/mol. The Morgan fingerprint density at radius 3 is 2.73 bits per heavy atom. The van der Waals surface area contributed by atoms with Crippen LogP contribution in [-0.4, -0.2) is 20.6 Å². The van der Waals surface area contributed by atoms with E-state index in [1.807, 2.05) is 36.4 Å². The molecule has 0 saturated carbocycles. The van der Waals surface area contributed by atoms with Gasteiger partial charge in [-0.15, -0.1) is 0 Å². The van der Waals surface area contributed by atoms with Gasteiger partial charge in [0.25, 0.3) is 11.5 Å². The molecule has 0 bridgehead atoms. The highest BCUT2D eigenvalue weighted by atomic mass is 16.5. The van der Waals surface area contributed by atoms with Crippen LogP contribution in [0.4, 0.5) is 11.6 Å². The number of hydrogen-bond acceptors (Lipinski definition) is 6. The van der Waals surface area contributed by atoms with E-state index in [1.54, 1.807) is 47.3 Å². The fraction of sp³-hybridized carbons (Fsp3) is 0.0400. The molecule has 2 aromatic carbocycles. The molecule has 0 aliphatic heterocycles. The summed E-state index contributed by atoms with van der Waals surface area (Å²) in [5, 5.41) is 7.80. The molecular formula is C25H19N5O3. The molecule has 0 saturated heterocycles. The largest absolute Gasteiger partial charge is 0.384 e. The molecule has 33 heavy (non-hydrogen) atoms. The number of benzene rings is 2. The van der Waals surface area contributed by atoms with Crippen LogP contribution in [0, 0.1) is 0 Å². The number of nitrogens with zero attached hydrogens (tertiary/aromatic N) is 3. The van der Waals surface area contributed by atoms with Crippen molar-refractivity contribution in [2.45, 2.75) is 6.54 Å². The molecule has 3 aromatic heterocycles. The molecule has 3 N–H and O–H groups in total. The van der Waals surface area contributed by atoms with Crippen molar-refractivity contribution in [2.24, 2.45) is 0 Å². The summed E-state index contributed by atoms with van der Waals surface area (Å²) in [5.41, 5.74) is 8.87. The maximum atomic E-state index is 13.1. The number of rotatable bonds is 5. The summed E-state index contributed by atoms with van der Waals surface area (Å²) in [6.07, 6.45) is 4.80. The zero-order valence-electron chi connectivity index (χ0n) is 17.4. The standard InChI is InChI=1S/C25H19N5O3/c26-22-14-18(6-9-27-22)17-4-5-21-19(13-17)7-10-30(25(21)32)15-16-2-1-3-20(12-16)24(31)28-23-8-11-33-29-23/h1-14H,15H2,(H2,26,27)(H,28,29,31). The minimum absolute atomic E-state index is 0.106. The molecular weight excluding hydrogens is 418 g/mol. The highest BCUT2D eigenvalue weighted by molar-refractivity contribution is 6.03. The summed E-state index contributed by atoms with van der Waals surface area (Å²) in [4.78, 5) is 29.6. The molecule has 0 fully saturated rings. The lowest BCUT2D eigenvalue weighted by Crippen LogP contribution is -2.20. The minimum atomic E-state index is -0.305. The minimum Gasteiger partial charge on any atom is -0.384 e. The van der Waals surface area contributed by atoms with Gasteiger partial charge in [0, 0.05) is 29.4 Å². The van der Waals surface area contributed by atoms with Crippen LogP contribution >= 0.6 is 0 Å². The molecule has 0 atom stereocenters. The lowest BCUT2D eigenvalue weighted by molar-refractivity contribution is 0.102. The molecule has 8 heteroatoms. The van der Waals surface area contributed by atoms with Crippen LogP contribution < -0.4 is 16.6 Å². The van der Waals surface area contributed by atoms with E-state index in [1.165, 1.54) is 6.26 Å². The van der Waals surface area contributed by atoms with Gasteiger partial charge < -0.3 is 20.1 Å². The third kappa shape index (κ3) is 4.22. The van der Waals surface area contributed by atoms with Crippen molar-refractivity contribution in [3.8, 4) is 11.1 Å². The number of nitrogens with one attached hydrogen (secondary N) is 1. The molecule has 0 aliphatic rings. The summed E-state index contributed by atoms with van der Waals surface area (Å²) < 4.78 is 6.35. The van der Waals surface area contributed by atoms with Crippen molar-refractivity contribution in [2.75, 3.05) is 11.1 Å². The molecule has 162 valence electrons. The van der Waals surface area contributed by atoms with Crippen molar-refractivity contribution in [1.29, 1.82) is 0 Å². The van der Waals surface area contributed by atoms with Gasteiger partial charge in [0.15, 0.2) is 5.82 Å². The second-order valence-corrected chi connectivity index (χ2v) is 7.56. The first-order chi connectivity index (χ1) is 16.1. The zero-order chi connectivity index (χ0) is 22.8. The van der Waals surface area contributed by atoms with Crippen LogP contribution in [0.5, 0.6) is 0 Å². The molecule has 0 aliphatic carbocycles. The number of fused-ring (bicyclic) bond motifs is 1. The normalized spacial score (nSPS) is 10.9. The third-order valence-electron chi connectivity index (χ3n) is 5.31. The second-order valence-electron chi connectivity index (χ2n) is 7.56. The van der Waals surface area contributed by atoms with Gasteiger partial charge in [-0.05, 0) is 64.5 Å². The maximum Gasteiger partial charge on any atom is 0.258 e. The number of amides is 1. The number of carbonyl (C=O) groups excluding carboxylic acids is 1. The first-order valence-corrected chi connectivity index (χ1v) is 10.2. The van der Waals surface area contributed by atoms with Gasteiger partial charge in [0.2, 0.25) is 0 Å². The van der Waals surface area contributed by atoms with E-state index < -0.39 is 0 Å². The van der Waals surface area contributed by atoms with E-state index in [0.717, 1.165) is 22.1 Å². The van der Waals surface area contributed by atoms with Crippen LogP contribution in [0.3, 0.4) is 0 Å². The summed E-state index contributed by atoms with van der Waals surface area (Å²) in [7, 11) is 0. The summed E-state index contributed by atoms with van der Waals surface area (Å²) in [5.74, 6) is 0.478. The van der Waals surface area contributed by atoms with E-state index in [0.29, 0.717) is 29.1 Å². The predicted octanol–water partition coefficient (Wildman–Crippen LogP) is 3.93. The number of carbonyl (C=O) groups is 1. The first kappa shape index (κ1) is 20.2. The summed E-state index contributed by atoms with van der Waals surface area (Å²) in [6.45, 7) is 0.336. The molecule has 1 amide bonds. The molecule has 0 spiro atoms. The van der Waals surface area contributed by atoms with Crippen LogP contribution in [0.15, 0.2) is 94.7 Å². The Labute approximate surface area is 188 Å². The quantitative estimate of drug-likeness (QED) is 0.430. The van der Waals surface area contributed by atoms with Crippen molar-refractivity contribution in [1.82, 2.24) is 14.7 Å². The van der Waals surface area contributed by atoms with Gasteiger partial charge in [-0.3, -0.25) is 9.59 Å². The van der Waals surface area contributed by atoms with E-state index in [-0.39, 0.29) is 11.5 Å². The topological polar surface area (TPSA) is 116 Å². The van der Waals surface area contributed by atoms with E-state index in [4.69, 9.17) is 10.3 Å². The highest BCUT2D eigenvalue weighted by Crippen LogP contribution is 2.24. The number of aromatic nitrogens is 3. The number of pyridine rings is 2. The molecule has 3 heterocycles.